The Balaban J connectivity index is 1.68. The first-order valence-corrected chi connectivity index (χ1v) is 9.38. The van der Waals surface area contributed by atoms with Gasteiger partial charge in [-0.1, -0.05) is 0 Å². The van der Waals surface area contributed by atoms with E-state index in [1.165, 1.54) is 5.56 Å². The first-order chi connectivity index (χ1) is 11.2. The molecule has 1 atom stereocenters. The Morgan fingerprint density at radius 2 is 2.22 bits per heavy atom. The molecule has 1 saturated heterocycles. The number of benzene rings is 1. The van der Waals surface area contributed by atoms with Gasteiger partial charge < -0.3 is 19.7 Å². The smallest absolute Gasteiger partial charge is 0.317 e. The van der Waals surface area contributed by atoms with Crippen LogP contribution in [0, 0.1) is 0 Å². The van der Waals surface area contributed by atoms with E-state index in [1.54, 1.807) is 0 Å². The monoisotopic (exact) mass is 336 g/mol. The predicted molar refractivity (Wildman–Crippen MR) is 92.5 cm³/mol. The van der Waals surface area contributed by atoms with Gasteiger partial charge in [-0.2, -0.15) is 11.8 Å². The van der Waals surface area contributed by atoms with E-state index >= 15 is 0 Å². The lowest BCUT2D eigenvalue weighted by Gasteiger charge is -2.26. The van der Waals surface area contributed by atoms with E-state index in [4.69, 9.17) is 9.47 Å². The number of urea groups is 1. The molecule has 0 radical (unpaired) electrons. The zero-order chi connectivity index (χ0) is 16.2. The van der Waals surface area contributed by atoms with Crippen LogP contribution in [0.5, 0.6) is 11.5 Å². The topological polar surface area (TPSA) is 50.8 Å². The average molecular weight is 336 g/mol. The maximum Gasteiger partial charge on any atom is 0.317 e. The Kier molecular flexibility index (Phi) is 5.20. The lowest BCUT2D eigenvalue weighted by molar-refractivity contribution is 0.202. The van der Waals surface area contributed by atoms with Gasteiger partial charge in [-0.25, -0.2) is 4.79 Å². The van der Waals surface area contributed by atoms with Crippen LogP contribution >= 0.6 is 11.8 Å². The molecular weight excluding hydrogens is 312 g/mol. The average Bonchev–Trinajstić information content (AvgIpc) is 2.92. The second-order valence-electron chi connectivity index (χ2n) is 5.89. The molecule has 2 aliphatic heterocycles. The number of thioether (sulfide) groups is 1. The highest BCUT2D eigenvalue weighted by Crippen LogP contribution is 2.35. The van der Waals surface area contributed by atoms with Gasteiger partial charge in [-0.3, -0.25) is 0 Å². The number of carbonyl (C=O) groups excluding carboxylic acids is 1. The third-order valence-electron chi connectivity index (χ3n) is 4.11. The van der Waals surface area contributed by atoms with E-state index in [0.29, 0.717) is 13.2 Å². The Bertz CT molecular complexity index is 573. The fraction of sp³-hybridized carbons (Fsp3) is 0.588. The summed E-state index contributed by atoms with van der Waals surface area (Å²) in [6.45, 7) is 6.75. The molecule has 0 aliphatic carbocycles. The molecule has 2 heterocycles. The van der Waals surface area contributed by atoms with E-state index in [1.807, 2.05) is 29.7 Å². The molecule has 0 saturated carbocycles. The van der Waals surface area contributed by atoms with Gasteiger partial charge in [0, 0.05) is 48.7 Å². The lowest BCUT2D eigenvalue weighted by Crippen LogP contribution is -2.44. The summed E-state index contributed by atoms with van der Waals surface area (Å²) in [5.41, 5.74) is 2.16. The van der Waals surface area contributed by atoms with Gasteiger partial charge in [0.05, 0.1) is 6.61 Å². The molecule has 2 aliphatic rings. The molecule has 23 heavy (non-hydrogen) atoms. The molecule has 1 aromatic carbocycles. The molecule has 0 aromatic heterocycles. The molecule has 1 N–H and O–H groups in total. The van der Waals surface area contributed by atoms with Crippen LogP contribution in [0.25, 0.3) is 0 Å². The van der Waals surface area contributed by atoms with Crippen molar-refractivity contribution in [3.8, 4) is 11.5 Å². The summed E-state index contributed by atoms with van der Waals surface area (Å²) in [6, 6.07) is 4.07. The van der Waals surface area contributed by atoms with Crippen molar-refractivity contribution >= 4 is 17.8 Å². The van der Waals surface area contributed by atoms with Crippen molar-refractivity contribution in [1.82, 2.24) is 10.2 Å². The van der Waals surface area contributed by atoms with Crippen LogP contribution in [0.15, 0.2) is 12.1 Å². The van der Waals surface area contributed by atoms with Crippen LogP contribution < -0.4 is 14.8 Å². The summed E-state index contributed by atoms with van der Waals surface area (Å²) >= 11 is 1.90. The van der Waals surface area contributed by atoms with Crippen LogP contribution in [0.3, 0.4) is 0 Å². The normalized spacial score (nSPS) is 19.9. The van der Waals surface area contributed by atoms with E-state index in [0.717, 1.165) is 48.1 Å². The first-order valence-electron chi connectivity index (χ1n) is 8.23. The molecule has 1 unspecified atom stereocenters. The van der Waals surface area contributed by atoms with Crippen LogP contribution in [-0.2, 0) is 13.0 Å². The van der Waals surface area contributed by atoms with Crippen LogP contribution in [0.2, 0.25) is 0 Å². The quantitative estimate of drug-likeness (QED) is 0.918. The van der Waals surface area contributed by atoms with E-state index in [-0.39, 0.29) is 12.1 Å². The van der Waals surface area contributed by atoms with Gasteiger partial charge in [0.2, 0.25) is 0 Å². The van der Waals surface area contributed by atoms with Crippen molar-refractivity contribution in [3.63, 3.8) is 0 Å². The molecule has 1 aromatic rings. The predicted octanol–water partition coefficient (Wildman–Crippen LogP) is 2.67. The number of ether oxygens (including phenoxy) is 2. The van der Waals surface area contributed by atoms with Crippen molar-refractivity contribution in [3.05, 3.63) is 23.3 Å². The second kappa shape index (κ2) is 7.34. The number of hydrogen-bond acceptors (Lipinski definition) is 4. The molecule has 5 nitrogen and oxygen atoms in total. The zero-order valence-corrected chi connectivity index (χ0v) is 14.6. The molecule has 1 fully saturated rings. The number of rotatable bonds is 4. The number of nitrogens with zero attached hydrogens (tertiary/aromatic N) is 1. The van der Waals surface area contributed by atoms with Gasteiger partial charge in [0.15, 0.2) is 0 Å². The second-order valence-corrected chi connectivity index (χ2v) is 7.12. The van der Waals surface area contributed by atoms with Gasteiger partial charge in [-0.05, 0) is 26.0 Å². The van der Waals surface area contributed by atoms with Crippen molar-refractivity contribution in [2.24, 2.45) is 0 Å². The Morgan fingerprint density at radius 1 is 1.43 bits per heavy atom. The van der Waals surface area contributed by atoms with Crippen molar-refractivity contribution in [2.75, 3.05) is 31.2 Å². The third-order valence-corrected chi connectivity index (χ3v) is 5.05. The number of amides is 2. The fourth-order valence-corrected chi connectivity index (χ4v) is 3.86. The number of hydrogen-bond donors (Lipinski definition) is 1. The highest BCUT2D eigenvalue weighted by atomic mass is 32.2. The standard InChI is InChI=1S/C17H24N2O3S/c1-3-21-15-9-13-8-12(2)22-16(13)10-14(15)11-18-17(20)19-4-6-23-7-5-19/h9-10,12H,3-8,11H2,1-2H3,(H,18,20). The largest absolute Gasteiger partial charge is 0.494 e. The fourth-order valence-electron chi connectivity index (χ4n) is 2.96. The van der Waals surface area contributed by atoms with Crippen LogP contribution in [0.1, 0.15) is 25.0 Å². The molecule has 0 bridgehead atoms. The molecule has 6 heteroatoms. The van der Waals surface area contributed by atoms with Crippen LogP contribution in [-0.4, -0.2) is 48.2 Å². The van der Waals surface area contributed by atoms with Gasteiger partial charge in [0.25, 0.3) is 0 Å². The minimum absolute atomic E-state index is 0.00235. The van der Waals surface area contributed by atoms with E-state index in [2.05, 4.69) is 18.3 Å². The van der Waals surface area contributed by atoms with E-state index < -0.39 is 0 Å². The van der Waals surface area contributed by atoms with Crippen molar-refractivity contribution in [1.29, 1.82) is 0 Å². The first kappa shape index (κ1) is 16.3. The lowest BCUT2D eigenvalue weighted by atomic mass is 10.1. The van der Waals surface area contributed by atoms with Gasteiger partial charge >= 0.3 is 6.03 Å². The van der Waals surface area contributed by atoms with Gasteiger partial charge in [0.1, 0.15) is 17.6 Å². The molecule has 126 valence electrons. The van der Waals surface area contributed by atoms with Crippen molar-refractivity contribution < 1.29 is 14.3 Å². The van der Waals surface area contributed by atoms with Gasteiger partial charge in [-0.15, -0.1) is 0 Å². The summed E-state index contributed by atoms with van der Waals surface area (Å²) < 4.78 is 11.6. The van der Waals surface area contributed by atoms with Crippen LogP contribution in [0.4, 0.5) is 4.79 Å². The van der Waals surface area contributed by atoms with Crippen molar-refractivity contribution in [2.45, 2.75) is 32.9 Å². The third kappa shape index (κ3) is 3.86. The molecule has 2 amide bonds. The Labute approximate surface area is 141 Å². The Hall–Kier alpha value is -1.56. The highest BCUT2D eigenvalue weighted by molar-refractivity contribution is 7.99. The summed E-state index contributed by atoms with van der Waals surface area (Å²) in [5.74, 6) is 3.79. The summed E-state index contributed by atoms with van der Waals surface area (Å²) in [4.78, 5) is 14.1. The van der Waals surface area contributed by atoms with E-state index in [9.17, 15) is 4.79 Å². The summed E-state index contributed by atoms with van der Waals surface area (Å²) in [5, 5.41) is 3.01. The number of carbonyl (C=O) groups is 1. The summed E-state index contributed by atoms with van der Waals surface area (Å²) in [6.07, 6.45) is 1.11. The number of fused-ring (bicyclic) bond motifs is 1. The SMILES string of the molecule is CCOc1cc2c(cc1CNC(=O)N1CCSCC1)OC(C)C2. The molecule has 3 rings (SSSR count). The Morgan fingerprint density at radius 3 is 2.96 bits per heavy atom. The number of nitrogens with one attached hydrogen (secondary N) is 1. The maximum absolute atomic E-state index is 12.3. The highest BCUT2D eigenvalue weighted by Gasteiger charge is 2.22. The molecule has 0 spiro atoms. The maximum atomic E-state index is 12.3. The minimum Gasteiger partial charge on any atom is -0.494 e. The molecular formula is C17H24N2O3S. The summed E-state index contributed by atoms with van der Waals surface area (Å²) in [7, 11) is 0. The zero-order valence-electron chi connectivity index (χ0n) is 13.8. The minimum atomic E-state index is 0.00235.